The van der Waals surface area contributed by atoms with Crippen molar-refractivity contribution in [1.82, 2.24) is 5.32 Å². The van der Waals surface area contributed by atoms with Gasteiger partial charge >= 0.3 is 0 Å². The molecule has 0 fully saturated rings. The molecule has 0 saturated carbocycles. The number of nitrogens with one attached hydrogen (secondary N) is 1. The zero-order chi connectivity index (χ0) is 5.28. The average Bonchev–Trinajstić information content (AvgIpc) is 1.91. The van der Waals surface area contributed by atoms with E-state index in [0.29, 0.717) is 6.54 Å². The van der Waals surface area contributed by atoms with Gasteiger partial charge in [-0.2, -0.15) is 0 Å². The first-order valence-corrected chi connectivity index (χ1v) is 2.39. The lowest BCUT2D eigenvalue weighted by Crippen LogP contribution is -2.19. The Bertz CT molecular complexity index is 98.3. The van der Waals surface area contributed by atoms with E-state index in [0.717, 1.165) is 0 Å². The van der Waals surface area contributed by atoms with Crippen LogP contribution in [0.3, 0.4) is 0 Å². The van der Waals surface area contributed by atoms with Gasteiger partial charge in [0.1, 0.15) is 5.83 Å². The van der Waals surface area contributed by atoms with E-state index in [4.69, 9.17) is 0 Å². The van der Waals surface area contributed by atoms with Crippen LogP contribution in [-0.2, 0) is 0 Å². The summed E-state index contributed by atoms with van der Waals surface area (Å²) in [5, 5.41) is 2.90. The standard InChI is InChI=1S/C5H8FN/c1-4-5(6)2-3-7-4/h2,4,7H,3H2,1H3. The van der Waals surface area contributed by atoms with Crippen LogP contribution in [0.5, 0.6) is 0 Å². The van der Waals surface area contributed by atoms with Gasteiger partial charge in [-0.25, -0.2) is 4.39 Å². The molecule has 0 bridgehead atoms. The van der Waals surface area contributed by atoms with E-state index in [2.05, 4.69) is 5.32 Å². The minimum atomic E-state index is -0.0417. The van der Waals surface area contributed by atoms with E-state index in [1.54, 1.807) is 13.0 Å². The van der Waals surface area contributed by atoms with Crippen LogP contribution in [-0.4, -0.2) is 12.6 Å². The summed E-state index contributed by atoms with van der Waals surface area (Å²) in [6.45, 7) is 2.49. The van der Waals surface area contributed by atoms with Gasteiger partial charge in [0, 0.05) is 6.54 Å². The Balaban J connectivity index is 2.54. The highest BCUT2D eigenvalue weighted by Gasteiger charge is 2.10. The van der Waals surface area contributed by atoms with Crippen LogP contribution in [0.1, 0.15) is 6.92 Å². The quantitative estimate of drug-likeness (QED) is 0.476. The predicted octanol–water partition coefficient (Wildman–Crippen LogP) is 0.832. The highest BCUT2D eigenvalue weighted by Crippen LogP contribution is 2.06. The van der Waals surface area contributed by atoms with Crippen molar-refractivity contribution in [3.8, 4) is 0 Å². The highest BCUT2D eigenvalue weighted by molar-refractivity contribution is 5.07. The molecule has 40 valence electrons. The summed E-state index contributed by atoms with van der Waals surface area (Å²) in [7, 11) is 0. The number of hydrogen-bond acceptors (Lipinski definition) is 1. The van der Waals surface area contributed by atoms with E-state index in [1.807, 2.05) is 0 Å². The zero-order valence-corrected chi connectivity index (χ0v) is 4.24. The molecular formula is C5H8FN. The van der Waals surface area contributed by atoms with Gasteiger partial charge in [-0.1, -0.05) is 0 Å². The SMILES string of the molecule is CC1NCC=C1F. The van der Waals surface area contributed by atoms with Crippen molar-refractivity contribution in [2.45, 2.75) is 13.0 Å². The number of halogens is 1. The van der Waals surface area contributed by atoms with E-state index >= 15 is 0 Å². The topological polar surface area (TPSA) is 12.0 Å². The van der Waals surface area contributed by atoms with Gasteiger partial charge in [0.2, 0.25) is 0 Å². The lowest BCUT2D eigenvalue weighted by atomic mass is 10.3. The Morgan fingerprint density at radius 3 is 2.86 bits per heavy atom. The van der Waals surface area contributed by atoms with Crippen molar-refractivity contribution in [3.63, 3.8) is 0 Å². The van der Waals surface area contributed by atoms with Crippen molar-refractivity contribution in [2.24, 2.45) is 0 Å². The molecule has 0 aromatic carbocycles. The molecule has 1 rings (SSSR count). The van der Waals surface area contributed by atoms with E-state index in [1.165, 1.54) is 0 Å². The van der Waals surface area contributed by atoms with Gasteiger partial charge in [-0.05, 0) is 13.0 Å². The normalized spacial score (nSPS) is 30.6. The van der Waals surface area contributed by atoms with Crippen LogP contribution in [0, 0.1) is 0 Å². The lowest BCUT2D eigenvalue weighted by molar-refractivity contribution is 0.539. The average molecular weight is 101 g/mol. The second kappa shape index (κ2) is 1.62. The van der Waals surface area contributed by atoms with Crippen molar-refractivity contribution >= 4 is 0 Å². The third-order valence-corrected chi connectivity index (χ3v) is 1.13. The third-order valence-electron chi connectivity index (χ3n) is 1.13. The molecule has 0 spiro atoms. The molecule has 0 saturated heterocycles. The molecule has 1 heterocycles. The largest absolute Gasteiger partial charge is 0.305 e. The van der Waals surface area contributed by atoms with Crippen LogP contribution >= 0.6 is 0 Å². The second-order valence-electron chi connectivity index (χ2n) is 1.72. The smallest absolute Gasteiger partial charge is 0.114 e. The first-order chi connectivity index (χ1) is 3.30. The fourth-order valence-corrected chi connectivity index (χ4v) is 0.607. The predicted molar refractivity (Wildman–Crippen MR) is 26.7 cm³/mol. The molecule has 1 N–H and O–H groups in total. The van der Waals surface area contributed by atoms with E-state index in [-0.39, 0.29) is 11.9 Å². The summed E-state index contributed by atoms with van der Waals surface area (Å²) in [6.07, 6.45) is 1.56. The van der Waals surface area contributed by atoms with Crippen LogP contribution in [0.2, 0.25) is 0 Å². The minimum absolute atomic E-state index is 0.0278. The van der Waals surface area contributed by atoms with Crippen LogP contribution in [0.15, 0.2) is 11.9 Å². The summed E-state index contributed by atoms with van der Waals surface area (Å²) in [6, 6.07) is -0.0417. The number of rotatable bonds is 0. The van der Waals surface area contributed by atoms with Gasteiger partial charge in [0.15, 0.2) is 0 Å². The molecular weight excluding hydrogens is 93.1 g/mol. The Hall–Kier alpha value is -0.370. The maximum absolute atomic E-state index is 12.1. The van der Waals surface area contributed by atoms with E-state index in [9.17, 15) is 4.39 Å². The molecule has 1 aliphatic rings. The Morgan fingerprint density at radius 1 is 2.00 bits per heavy atom. The third kappa shape index (κ3) is 0.800. The fraction of sp³-hybridized carbons (Fsp3) is 0.600. The van der Waals surface area contributed by atoms with Crippen molar-refractivity contribution in [1.29, 1.82) is 0 Å². The maximum Gasteiger partial charge on any atom is 0.114 e. The molecule has 7 heavy (non-hydrogen) atoms. The summed E-state index contributed by atoms with van der Waals surface area (Å²) >= 11 is 0. The highest BCUT2D eigenvalue weighted by atomic mass is 19.1. The van der Waals surface area contributed by atoms with Crippen molar-refractivity contribution < 1.29 is 4.39 Å². The molecule has 2 heteroatoms. The molecule has 1 aliphatic heterocycles. The second-order valence-corrected chi connectivity index (χ2v) is 1.72. The van der Waals surface area contributed by atoms with Crippen LogP contribution in [0.4, 0.5) is 4.39 Å². The monoisotopic (exact) mass is 101 g/mol. The Labute approximate surface area is 42.2 Å². The van der Waals surface area contributed by atoms with Crippen LogP contribution in [0.25, 0.3) is 0 Å². The Kier molecular flexibility index (Phi) is 1.11. The first-order valence-electron chi connectivity index (χ1n) is 2.39. The minimum Gasteiger partial charge on any atom is -0.305 e. The molecule has 1 atom stereocenters. The van der Waals surface area contributed by atoms with Gasteiger partial charge in [-0.3, -0.25) is 0 Å². The maximum atomic E-state index is 12.1. The summed E-state index contributed by atoms with van der Waals surface area (Å²) in [4.78, 5) is 0. The molecule has 0 radical (unpaired) electrons. The van der Waals surface area contributed by atoms with E-state index < -0.39 is 0 Å². The summed E-state index contributed by atoms with van der Waals surface area (Å²) < 4.78 is 12.1. The lowest BCUT2D eigenvalue weighted by Gasteiger charge is -1.97. The first kappa shape index (κ1) is 4.78. The van der Waals surface area contributed by atoms with Crippen molar-refractivity contribution in [2.75, 3.05) is 6.54 Å². The molecule has 0 aliphatic carbocycles. The summed E-state index contributed by atoms with van der Waals surface area (Å²) in [5.41, 5.74) is 0. The van der Waals surface area contributed by atoms with Gasteiger partial charge < -0.3 is 5.32 Å². The molecule has 1 nitrogen and oxygen atoms in total. The Morgan fingerprint density at radius 2 is 2.71 bits per heavy atom. The zero-order valence-electron chi connectivity index (χ0n) is 4.24. The molecule has 0 aromatic rings. The van der Waals surface area contributed by atoms with Crippen LogP contribution < -0.4 is 5.32 Å². The molecule has 0 aromatic heterocycles. The van der Waals surface area contributed by atoms with Crippen molar-refractivity contribution in [3.05, 3.63) is 11.9 Å². The van der Waals surface area contributed by atoms with Gasteiger partial charge in [0.25, 0.3) is 0 Å². The molecule has 0 amide bonds. The molecule has 1 unspecified atom stereocenters. The van der Waals surface area contributed by atoms with Gasteiger partial charge in [-0.15, -0.1) is 0 Å². The fourth-order valence-electron chi connectivity index (χ4n) is 0.607. The van der Waals surface area contributed by atoms with Gasteiger partial charge in [0.05, 0.1) is 6.04 Å². The summed E-state index contributed by atoms with van der Waals surface area (Å²) in [5.74, 6) is -0.0278. The number of hydrogen-bond donors (Lipinski definition) is 1.